The molecule has 1 aromatic carbocycles. The summed E-state index contributed by atoms with van der Waals surface area (Å²) < 4.78 is 39.5. The van der Waals surface area contributed by atoms with Crippen LogP contribution in [0.5, 0.6) is 0 Å². The molecule has 1 atom stereocenters. The Morgan fingerprint density at radius 1 is 1.15 bits per heavy atom. The number of nitrogens with one attached hydrogen (secondary N) is 1. The molecule has 0 radical (unpaired) electrons. The Morgan fingerprint density at radius 3 is 2.20 bits per heavy atom. The number of nitrogens with zero attached hydrogens (tertiary/aromatic N) is 1. The molecule has 0 bridgehead atoms. The molecule has 1 fully saturated rings. The van der Waals surface area contributed by atoms with E-state index in [-0.39, 0.29) is 12.2 Å². The summed E-state index contributed by atoms with van der Waals surface area (Å²) >= 11 is 0. The second-order valence-corrected chi connectivity index (χ2v) is 5.21. The van der Waals surface area contributed by atoms with E-state index >= 15 is 0 Å². The van der Waals surface area contributed by atoms with Crippen molar-refractivity contribution in [3.05, 3.63) is 35.4 Å². The van der Waals surface area contributed by atoms with Gasteiger partial charge in [0, 0.05) is 26.2 Å². The second-order valence-electron chi connectivity index (χ2n) is 5.21. The number of aliphatic hydroxyl groups is 1. The summed E-state index contributed by atoms with van der Waals surface area (Å²) in [4.78, 5) is 1.91. The molecule has 1 aromatic rings. The van der Waals surface area contributed by atoms with Crippen molar-refractivity contribution in [2.75, 3.05) is 32.8 Å². The highest BCUT2D eigenvalue weighted by Gasteiger charge is 2.42. The van der Waals surface area contributed by atoms with Crippen molar-refractivity contribution in [1.29, 1.82) is 0 Å². The van der Waals surface area contributed by atoms with E-state index in [9.17, 15) is 18.3 Å². The maximum Gasteiger partial charge on any atom is 0.416 e. The largest absolute Gasteiger partial charge is 0.416 e. The Kier molecular flexibility index (Phi) is 4.36. The molecular formula is C14H19F3N2O. The molecule has 2 rings (SSSR count). The van der Waals surface area contributed by atoms with Crippen LogP contribution in [0.4, 0.5) is 13.2 Å². The van der Waals surface area contributed by atoms with Crippen LogP contribution in [0.15, 0.2) is 24.3 Å². The first kappa shape index (κ1) is 15.3. The average Bonchev–Trinajstić information content (AvgIpc) is 2.46. The summed E-state index contributed by atoms with van der Waals surface area (Å²) in [5.74, 6) is 0. The fourth-order valence-electron chi connectivity index (χ4n) is 2.71. The number of rotatable bonds is 3. The predicted octanol–water partition coefficient (Wildman–Crippen LogP) is 1.82. The van der Waals surface area contributed by atoms with Gasteiger partial charge in [0.15, 0.2) is 0 Å². The van der Waals surface area contributed by atoms with Gasteiger partial charge in [0.05, 0.1) is 17.7 Å². The van der Waals surface area contributed by atoms with Crippen molar-refractivity contribution in [2.24, 2.45) is 0 Å². The maximum atomic E-state index is 13.2. The van der Waals surface area contributed by atoms with Crippen LogP contribution in [0, 0.1) is 0 Å². The van der Waals surface area contributed by atoms with E-state index in [1.807, 2.05) is 4.90 Å². The lowest BCUT2D eigenvalue weighted by molar-refractivity contribution is -0.140. The number of alkyl halides is 3. The van der Waals surface area contributed by atoms with Crippen LogP contribution in [-0.2, 0) is 11.7 Å². The van der Waals surface area contributed by atoms with Gasteiger partial charge in [0.2, 0.25) is 0 Å². The Morgan fingerprint density at radius 2 is 1.70 bits per heavy atom. The Bertz CT molecular complexity index is 458. The molecule has 0 aromatic heterocycles. The first-order chi connectivity index (χ1) is 9.39. The van der Waals surface area contributed by atoms with Gasteiger partial charge in [-0.15, -0.1) is 0 Å². The zero-order valence-corrected chi connectivity index (χ0v) is 11.4. The van der Waals surface area contributed by atoms with Crippen molar-refractivity contribution in [3.63, 3.8) is 0 Å². The van der Waals surface area contributed by atoms with Crippen LogP contribution >= 0.6 is 0 Å². The van der Waals surface area contributed by atoms with E-state index < -0.39 is 17.3 Å². The van der Waals surface area contributed by atoms with E-state index in [4.69, 9.17) is 0 Å². The number of hydrogen-bond donors (Lipinski definition) is 2. The standard InChI is InChI=1S/C14H19F3N2O/c1-13(10-20,19-8-6-18-7-9-19)11-4-2-3-5-12(11)14(15,16)17/h2-5,18,20H,6-10H2,1H3. The van der Waals surface area contributed by atoms with Crippen LogP contribution in [0.25, 0.3) is 0 Å². The molecule has 20 heavy (non-hydrogen) atoms. The molecule has 0 saturated carbocycles. The molecule has 1 saturated heterocycles. The highest BCUT2D eigenvalue weighted by atomic mass is 19.4. The van der Waals surface area contributed by atoms with Crippen molar-refractivity contribution >= 4 is 0 Å². The summed E-state index contributed by atoms with van der Waals surface area (Å²) in [5.41, 5.74) is -1.55. The number of hydrogen-bond acceptors (Lipinski definition) is 3. The van der Waals surface area contributed by atoms with Crippen LogP contribution in [-0.4, -0.2) is 42.8 Å². The van der Waals surface area contributed by atoms with E-state index in [1.54, 1.807) is 13.0 Å². The normalized spacial score (nSPS) is 20.6. The fourth-order valence-corrected chi connectivity index (χ4v) is 2.71. The zero-order valence-electron chi connectivity index (χ0n) is 11.4. The molecule has 1 aliphatic heterocycles. The van der Waals surface area contributed by atoms with E-state index in [1.165, 1.54) is 12.1 Å². The number of benzene rings is 1. The van der Waals surface area contributed by atoms with Gasteiger partial charge in [0.25, 0.3) is 0 Å². The third-order valence-electron chi connectivity index (χ3n) is 3.94. The molecule has 1 unspecified atom stereocenters. The SMILES string of the molecule is CC(CO)(c1ccccc1C(F)(F)F)N1CCNCC1. The first-order valence-electron chi connectivity index (χ1n) is 6.63. The maximum absolute atomic E-state index is 13.2. The molecule has 2 N–H and O–H groups in total. The Hall–Kier alpha value is -1.11. The van der Waals surface area contributed by atoms with Crippen molar-refractivity contribution in [1.82, 2.24) is 10.2 Å². The van der Waals surface area contributed by atoms with Crippen molar-refractivity contribution < 1.29 is 18.3 Å². The van der Waals surface area contributed by atoms with Gasteiger partial charge < -0.3 is 10.4 Å². The lowest BCUT2D eigenvalue weighted by Crippen LogP contribution is -2.55. The summed E-state index contributed by atoms with van der Waals surface area (Å²) in [6.45, 7) is 3.98. The van der Waals surface area contributed by atoms with Crippen LogP contribution in [0.3, 0.4) is 0 Å². The third kappa shape index (κ3) is 2.82. The third-order valence-corrected chi connectivity index (χ3v) is 3.94. The minimum Gasteiger partial charge on any atom is -0.394 e. The van der Waals surface area contributed by atoms with E-state index in [0.717, 1.165) is 6.07 Å². The summed E-state index contributed by atoms with van der Waals surface area (Å²) in [5, 5.41) is 12.9. The number of piperazine rings is 1. The molecule has 0 amide bonds. The molecular weight excluding hydrogens is 269 g/mol. The summed E-state index contributed by atoms with van der Waals surface area (Å²) in [7, 11) is 0. The molecule has 3 nitrogen and oxygen atoms in total. The number of halogens is 3. The minimum atomic E-state index is -4.42. The van der Waals surface area contributed by atoms with Crippen LogP contribution in [0.2, 0.25) is 0 Å². The number of aliphatic hydroxyl groups excluding tert-OH is 1. The van der Waals surface area contributed by atoms with Gasteiger partial charge >= 0.3 is 6.18 Å². The van der Waals surface area contributed by atoms with E-state index in [0.29, 0.717) is 26.2 Å². The zero-order chi connectivity index (χ0) is 14.8. The Labute approximate surface area is 116 Å². The molecule has 0 spiro atoms. The van der Waals surface area contributed by atoms with Crippen molar-refractivity contribution in [2.45, 2.75) is 18.6 Å². The lowest BCUT2D eigenvalue weighted by Gasteiger charge is -2.43. The highest BCUT2D eigenvalue weighted by Crippen LogP contribution is 2.39. The minimum absolute atomic E-state index is 0.136. The predicted molar refractivity (Wildman–Crippen MR) is 70.3 cm³/mol. The molecule has 1 aliphatic rings. The average molecular weight is 288 g/mol. The van der Waals surface area contributed by atoms with Gasteiger partial charge in [-0.25, -0.2) is 0 Å². The molecule has 1 heterocycles. The summed E-state index contributed by atoms with van der Waals surface area (Å²) in [6.07, 6.45) is -4.42. The first-order valence-corrected chi connectivity index (χ1v) is 6.63. The van der Waals surface area contributed by atoms with Crippen molar-refractivity contribution in [3.8, 4) is 0 Å². The van der Waals surface area contributed by atoms with Gasteiger partial charge in [-0.1, -0.05) is 18.2 Å². The van der Waals surface area contributed by atoms with Crippen LogP contribution < -0.4 is 5.32 Å². The van der Waals surface area contributed by atoms with Gasteiger partial charge in [-0.3, -0.25) is 4.90 Å². The molecule has 6 heteroatoms. The lowest BCUT2D eigenvalue weighted by atomic mass is 9.86. The van der Waals surface area contributed by atoms with Gasteiger partial charge in [-0.2, -0.15) is 13.2 Å². The molecule has 112 valence electrons. The second kappa shape index (κ2) is 5.71. The van der Waals surface area contributed by atoms with Gasteiger partial charge in [0.1, 0.15) is 0 Å². The van der Waals surface area contributed by atoms with Crippen LogP contribution in [0.1, 0.15) is 18.1 Å². The monoisotopic (exact) mass is 288 g/mol. The highest BCUT2D eigenvalue weighted by molar-refractivity contribution is 5.36. The van der Waals surface area contributed by atoms with E-state index in [2.05, 4.69) is 5.32 Å². The fraction of sp³-hybridized carbons (Fsp3) is 0.571. The van der Waals surface area contributed by atoms with Gasteiger partial charge in [-0.05, 0) is 18.6 Å². The topological polar surface area (TPSA) is 35.5 Å². The summed E-state index contributed by atoms with van der Waals surface area (Å²) in [6, 6.07) is 5.50. The Balaban J connectivity index is 2.45. The quantitative estimate of drug-likeness (QED) is 0.890. The smallest absolute Gasteiger partial charge is 0.394 e. The molecule has 0 aliphatic carbocycles.